The second-order valence-corrected chi connectivity index (χ2v) is 8.97. The van der Waals surface area contributed by atoms with Crippen LogP contribution in [-0.2, 0) is 11.3 Å². The summed E-state index contributed by atoms with van der Waals surface area (Å²) < 4.78 is 7.39. The molecule has 0 radical (unpaired) electrons. The molecule has 2 atom stereocenters. The molecule has 1 aromatic heterocycles. The third-order valence-corrected chi connectivity index (χ3v) is 5.36. The zero-order valence-electron chi connectivity index (χ0n) is 13.5. The van der Waals surface area contributed by atoms with Gasteiger partial charge in [0.1, 0.15) is 5.60 Å². The summed E-state index contributed by atoms with van der Waals surface area (Å²) in [5, 5.41) is 3.56. The van der Waals surface area contributed by atoms with Crippen molar-refractivity contribution in [3.63, 3.8) is 0 Å². The van der Waals surface area contributed by atoms with Crippen molar-refractivity contribution in [2.75, 3.05) is 13.1 Å². The second kappa shape index (κ2) is 6.33. The number of nitrogens with zero attached hydrogens (tertiary/aromatic N) is 2. The number of amides is 1. The zero-order valence-corrected chi connectivity index (χ0v) is 16.6. The number of aromatic nitrogens is 1. The zero-order chi connectivity index (χ0) is 16.8. The molecular formula is C16H21Br2N3O2. The van der Waals surface area contributed by atoms with Crippen molar-refractivity contribution in [3.8, 4) is 0 Å². The number of hydrogen-bond acceptors (Lipinski definition) is 4. The second-order valence-electron chi connectivity index (χ2n) is 7.20. The molecule has 0 spiro atoms. The van der Waals surface area contributed by atoms with Crippen LogP contribution in [0.5, 0.6) is 0 Å². The fourth-order valence-electron chi connectivity index (χ4n) is 3.09. The number of piperidine rings is 1. The maximum absolute atomic E-state index is 12.1. The highest BCUT2D eigenvalue weighted by Gasteiger charge is 2.56. The molecule has 1 aliphatic carbocycles. The number of halogens is 2. The first-order valence-corrected chi connectivity index (χ1v) is 9.34. The van der Waals surface area contributed by atoms with Crippen LogP contribution in [-0.4, -0.2) is 40.7 Å². The average Bonchev–Trinajstić information content (AvgIpc) is 2.88. The van der Waals surface area contributed by atoms with Gasteiger partial charge in [0.15, 0.2) is 0 Å². The van der Waals surface area contributed by atoms with Crippen molar-refractivity contribution < 1.29 is 9.53 Å². The molecule has 7 heteroatoms. The van der Waals surface area contributed by atoms with E-state index >= 15 is 0 Å². The van der Waals surface area contributed by atoms with Gasteiger partial charge in [-0.2, -0.15) is 0 Å². The lowest BCUT2D eigenvalue weighted by molar-refractivity contribution is 0.0269. The summed E-state index contributed by atoms with van der Waals surface area (Å²) in [4.78, 5) is 18.3. The molecule has 1 saturated carbocycles. The summed E-state index contributed by atoms with van der Waals surface area (Å²) in [6.45, 7) is 8.00. The molecule has 23 heavy (non-hydrogen) atoms. The van der Waals surface area contributed by atoms with Gasteiger partial charge in [0.2, 0.25) is 0 Å². The number of hydrogen-bond donors (Lipinski definition) is 1. The van der Waals surface area contributed by atoms with Gasteiger partial charge >= 0.3 is 6.09 Å². The Labute approximate surface area is 153 Å². The highest BCUT2D eigenvalue weighted by Crippen LogP contribution is 2.46. The summed E-state index contributed by atoms with van der Waals surface area (Å²) in [5.41, 5.74) is 0.572. The van der Waals surface area contributed by atoms with E-state index in [1.165, 1.54) is 0 Å². The number of ether oxygens (including phenoxy) is 1. The van der Waals surface area contributed by atoms with E-state index in [0.29, 0.717) is 17.9 Å². The number of fused-ring (bicyclic) bond motifs is 1. The normalized spacial score (nSPS) is 26.1. The van der Waals surface area contributed by atoms with Crippen LogP contribution in [0.25, 0.3) is 0 Å². The van der Waals surface area contributed by atoms with Crippen LogP contribution in [0.4, 0.5) is 4.79 Å². The summed E-state index contributed by atoms with van der Waals surface area (Å²) in [6, 6.07) is 2.48. The third-order valence-electron chi connectivity index (χ3n) is 4.23. The lowest BCUT2D eigenvalue weighted by Gasteiger charge is -2.26. The fourth-order valence-corrected chi connectivity index (χ4v) is 4.22. The lowest BCUT2D eigenvalue weighted by atomic mass is 10.2. The molecule has 0 aromatic carbocycles. The predicted molar refractivity (Wildman–Crippen MR) is 95.1 cm³/mol. The summed E-state index contributed by atoms with van der Waals surface area (Å²) in [5.74, 6) is 1.08. The van der Waals surface area contributed by atoms with Crippen molar-refractivity contribution in [1.82, 2.24) is 15.2 Å². The Morgan fingerprint density at radius 1 is 1.39 bits per heavy atom. The van der Waals surface area contributed by atoms with Crippen molar-refractivity contribution in [3.05, 3.63) is 26.9 Å². The molecule has 2 fully saturated rings. The minimum Gasteiger partial charge on any atom is -0.444 e. The maximum atomic E-state index is 12.1. The van der Waals surface area contributed by atoms with Gasteiger partial charge < -0.3 is 15.0 Å². The first-order valence-electron chi connectivity index (χ1n) is 7.76. The van der Waals surface area contributed by atoms with Crippen molar-refractivity contribution >= 4 is 38.0 Å². The van der Waals surface area contributed by atoms with Crippen LogP contribution < -0.4 is 5.32 Å². The molecule has 1 aromatic rings. The molecule has 1 amide bonds. The van der Waals surface area contributed by atoms with Crippen LogP contribution in [0, 0.1) is 11.8 Å². The lowest BCUT2D eigenvalue weighted by Crippen LogP contribution is -2.39. The molecule has 1 saturated heterocycles. The van der Waals surface area contributed by atoms with Gasteiger partial charge in [-0.25, -0.2) is 4.79 Å². The molecule has 2 heterocycles. The molecule has 2 aliphatic rings. The summed E-state index contributed by atoms with van der Waals surface area (Å²) >= 11 is 6.94. The number of carbonyl (C=O) groups excluding carboxylic acids is 1. The highest BCUT2D eigenvalue weighted by molar-refractivity contribution is 9.11. The van der Waals surface area contributed by atoms with Crippen molar-refractivity contribution in [2.45, 2.75) is 39.0 Å². The summed E-state index contributed by atoms with van der Waals surface area (Å²) in [6.07, 6.45) is 1.61. The number of nitrogens with one attached hydrogen (secondary N) is 1. The first-order chi connectivity index (χ1) is 10.7. The Balaban J connectivity index is 1.46. The van der Waals surface area contributed by atoms with Gasteiger partial charge in [0.25, 0.3) is 0 Å². The van der Waals surface area contributed by atoms with E-state index in [-0.39, 0.29) is 6.09 Å². The van der Waals surface area contributed by atoms with Crippen LogP contribution >= 0.6 is 31.9 Å². The van der Waals surface area contributed by atoms with E-state index in [4.69, 9.17) is 4.74 Å². The maximum Gasteiger partial charge on any atom is 0.410 e. The standard InChI is InChI=1S/C16H21Br2N3O2/c1-16(2,3)23-15(22)21-7-10-11(8-21)14(10)20-6-13-12(18)4-9(17)5-19-13/h4-5,10-11,14,20H,6-8H2,1-3H3. The quantitative estimate of drug-likeness (QED) is 0.771. The van der Waals surface area contributed by atoms with Gasteiger partial charge in [-0.15, -0.1) is 0 Å². The minimum absolute atomic E-state index is 0.194. The number of pyridine rings is 1. The van der Waals surface area contributed by atoms with Crippen LogP contribution in [0.15, 0.2) is 21.2 Å². The molecule has 3 rings (SSSR count). The third kappa shape index (κ3) is 4.06. The van der Waals surface area contributed by atoms with Crippen molar-refractivity contribution in [1.29, 1.82) is 0 Å². The van der Waals surface area contributed by atoms with E-state index in [0.717, 1.165) is 34.3 Å². The number of likely N-dealkylation sites (tertiary alicyclic amines) is 1. The van der Waals surface area contributed by atoms with Gasteiger partial charge in [0, 0.05) is 40.8 Å². The Kier molecular flexibility index (Phi) is 4.73. The minimum atomic E-state index is -0.430. The van der Waals surface area contributed by atoms with E-state index in [1.807, 2.05) is 31.7 Å². The van der Waals surface area contributed by atoms with E-state index in [9.17, 15) is 4.79 Å². The average molecular weight is 447 g/mol. The van der Waals surface area contributed by atoms with E-state index in [2.05, 4.69) is 42.2 Å². The van der Waals surface area contributed by atoms with E-state index < -0.39 is 5.60 Å². The Bertz CT molecular complexity index is 606. The van der Waals surface area contributed by atoms with Crippen LogP contribution in [0.1, 0.15) is 26.5 Å². The largest absolute Gasteiger partial charge is 0.444 e. The number of carbonyl (C=O) groups is 1. The highest BCUT2D eigenvalue weighted by atomic mass is 79.9. The fraction of sp³-hybridized carbons (Fsp3) is 0.625. The molecule has 0 bridgehead atoms. The summed E-state index contributed by atoms with van der Waals surface area (Å²) in [7, 11) is 0. The van der Waals surface area contributed by atoms with Crippen LogP contribution in [0.3, 0.4) is 0 Å². The SMILES string of the molecule is CC(C)(C)OC(=O)N1CC2C(C1)C2NCc1ncc(Br)cc1Br. The van der Waals surface area contributed by atoms with Crippen LogP contribution in [0.2, 0.25) is 0 Å². The Morgan fingerprint density at radius 3 is 2.61 bits per heavy atom. The molecule has 2 unspecified atom stereocenters. The van der Waals surface area contributed by atoms with Gasteiger partial charge in [-0.05, 0) is 70.5 Å². The van der Waals surface area contributed by atoms with Crippen molar-refractivity contribution in [2.24, 2.45) is 11.8 Å². The molecule has 1 N–H and O–H groups in total. The molecule has 5 nitrogen and oxygen atoms in total. The Morgan fingerprint density at radius 2 is 2.04 bits per heavy atom. The smallest absolute Gasteiger partial charge is 0.410 e. The van der Waals surface area contributed by atoms with E-state index in [1.54, 1.807) is 6.20 Å². The topological polar surface area (TPSA) is 54.5 Å². The van der Waals surface area contributed by atoms with Gasteiger partial charge in [-0.1, -0.05) is 0 Å². The Hall–Kier alpha value is -0.660. The van der Waals surface area contributed by atoms with Gasteiger partial charge in [-0.3, -0.25) is 4.98 Å². The first kappa shape index (κ1) is 17.2. The molecular weight excluding hydrogens is 426 g/mol. The monoisotopic (exact) mass is 445 g/mol. The molecule has 126 valence electrons. The van der Waals surface area contributed by atoms with Gasteiger partial charge in [0.05, 0.1) is 5.69 Å². The molecule has 1 aliphatic heterocycles. The predicted octanol–water partition coefficient (Wildman–Crippen LogP) is 3.56. The number of rotatable bonds is 3.